The number of hydrogen-bond donors (Lipinski definition) is 2. The molecular formula is C9H15N3O2. The standard InChI is InChI=1S/C9H15N3O2/c1-2-11-9(13)4-5-10-7-8-3-6-12-14-8/h3,6,10H,2,4-5,7H2,1H3,(H,11,13). The second-order valence-corrected chi connectivity index (χ2v) is 2.86. The summed E-state index contributed by atoms with van der Waals surface area (Å²) in [6, 6.07) is 1.79. The maximum Gasteiger partial charge on any atom is 0.221 e. The van der Waals surface area contributed by atoms with Crippen LogP contribution < -0.4 is 10.6 Å². The summed E-state index contributed by atoms with van der Waals surface area (Å²) in [6.07, 6.45) is 2.09. The van der Waals surface area contributed by atoms with Crippen LogP contribution in [0.25, 0.3) is 0 Å². The number of amides is 1. The molecule has 0 aliphatic carbocycles. The average Bonchev–Trinajstić information content (AvgIpc) is 2.65. The van der Waals surface area contributed by atoms with Gasteiger partial charge in [-0.05, 0) is 6.92 Å². The van der Waals surface area contributed by atoms with E-state index >= 15 is 0 Å². The van der Waals surface area contributed by atoms with Crippen LogP contribution in [0.2, 0.25) is 0 Å². The Bertz CT molecular complexity index is 259. The first-order valence-corrected chi connectivity index (χ1v) is 4.70. The molecule has 78 valence electrons. The fourth-order valence-corrected chi connectivity index (χ4v) is 1.03. The number of carbonyl (C=O) groups excluding carboxylic acids is 1. The van der Waals surface area contributed by atoms with Crippen LogP contribution in [0.5, 0.6) is 0 Å². The first-order valence-electron chi connectivity index (χ1n) is 4.70. The van der Waals surface area contributed by atoms with E-state index in [1.807, 2.05) is 6.92 Å². The highest BCUT2D eigenvalue weighted by Crippen LogP contribution is 1.94. The first kappa shape index (κ1) is 10.7. The van der Waals surface area contributed by atoms with Crippen molar-refractivity contribution in [1.82, 2.24) is 15.8 Å². The molecule has 0 bridgehead atoms. The zero-order valence-electron chi connectivity index (χ0n) is 8.25. The van der Waals surface area contributed by atoms with Gasteiger partial charge in [0.15, 0.2) is 0 Å². The van der Waals surface area contributed by atoms with Gasteiger partial charge in [0.1, 0.15) is 5.76 Å². The number of hydrogen-bond acceptors (Lipinski definition) is 4. The Morgan fingerprint density at radius 3 is 3.14 bits per heavy atom. The van der Waals surface area contributed by atoms with Crippen LogP contribution >= 0.6 is 0 Å². The van der Waals surface area contributed by atoms with Crippen molar-refractivity contribution < 1.29 is 9.32 Å². The SMILES string of the molecule is CCNC(=O)CCNCc1ccno1. The Morgan fingerprint density at radius 1 is 1.64 bits per heavy atom. The summed E-state index contributed by atoms with van der Waals surface area (Å²) in [5, 5.41) is 9.38. The van der Waals surface area contributed by atoms with E-state index in [2.05, 4.69) is 15.8 Å². The van der Waals surface area contributed by atoms with Crippen LogP contribution in [0.1, 0.15) is 19.1 Å². The van der Waals surface area contributed by atoms with Gasteiger partial charge in [0, 0.05) is 25.6 Å². The summed E-state index contributed by atoms with van der Waals surface area (Å²) in [5.74, 6) is 0.846. The third kappa shape index (κ3) is 4.04. The van der Waals surface area contributed by atoms with E-state index in [9.17, 15) is 4.79 Å². The van der Waals surface area contributed by atoms with Gasteiger partial charge in [-0.15, -0.1) is 0 Å². The molecule has 0 saturated heterocycles. The molecule has 14 heavy (non-hydrogen) atoms. The zero-order chi connectivity index (χ0) is 10.2. The summed E-state index contributed by atoms with van der Waals surface area (Å²) >= 11 is 0. The van der Waals surface area contributed by atoms with E-state index in [0.717, 1.165) is 5.76 Å². The lowest BCUT2D eigenvalue weighted by Gasteiger charge is -2.02. The topological polar surface area (TPSA) is 67.2 Å². The largest absolute Gasteiger partial charge is 0.360 e. The van der Waals surface area contributed by atoms with Gasteiger partial charge < -0.3 is 15.2 Å². The molecule has 0 aromatic carbocycles. The van der Waals surface area contributed by atoms with E-state index in [-0.39, 0.29) is 5.91 Å². The number of nitrogens with one attached hydrogen (secondary N) is 2. The third-order valence-corrected chi connectivity index (χ3v) is 1.69. The smallest absolute Gasteiger partial charge is 0.221 e. The van der Waals surface area contributed by atoms with E-state index in [1.165, 1.54) is 0 Å². The van der Waals surface area contributed by atoms with Gasteiger partial charge in [0.2, 0.25) is 5.91 Å². The van der Waals surface area contributed by atoms with Gasteiger partial charge >= 0.3 is 0 Å². The Kier molecular flexibility index (Phi) is 4.71. The van der Waals surface area contributed by atoms with Crippen molar-refractivity contribution in [1.29, 1.82) is 0 Å². The van der Waals surface area contributed by atoms with Crippen LogP contribution in [-0.4, -0.2) is 24.2 Å². The Hall–Kier alpha value is -1.36. The molecule has 5 heteroatoms. The summed E-state index contributed by atoms with van der Waals surface area (Å²) < 4.78 is 4.87. The minimum Gasteiger partial charge on any atom is -0.360 e. The quantitative estimate of drug-likeness (QED) is 0.643. The van der Waals surface area contributed by atoms with Crippen LogP contribution in [0.3, 0.4) is 0 Å². The average molecular weight is 197 g/mol. The Labute approximate surface area is 82.8 Å². The van der Waals surface area contributed by atoms with Crippen molar-refractivity contribution in [2.24, 2.45) is 0 Å². The maximum absolute atomic E-state index is 11.0. The lowest BCUT2D eigenvalue weighted by molar-refractivity contribution is -0.120. The van der Waals surface area contributed by atoms with E-state index in [4.69, 9.17) is 4.52 Å². The summed E-state index contributed by atoms with van der Waals surface area (Å²) in [4.78, 5) is 11.0. The van der Waals surface area contributed by atoms with Crippen molar-refractivity contribution in [3.05, 3.63) is 18.0 Å². The lowest BCUT2D eigenvalue weighted by atomic mass is 10.3. The molecule has 1 aromatic heterocycles. The molecule has 0 radical (unpaired) electrons. The van der Waals surface area contributed by atoms with Crippen LogP contribution in [0.4, 0.5) is 0 Å². The minimum atomic E-state index is 0.0672. The van der Waals surface area contributed by atoms with Crippen LogP contribution in [0, 0.1) is 0 Å². The number of nitrogens with zero attached hydrogens (tertiary/aromatic N) is 1. The molecule has 1 aromatic rings. The molecule has 1 rings (SSSR count). The molecule has 1 heterocycles. The van der Waals surface area contributed by atoms with E-state index in [0.29, 0.717) is 26.1 Å². The van der Waals surface area contributed by atoms with Gasteiger partial charge in [-0.2, -0.15) is 0 Å². The highest BCUT2D eigenvalue weighted by atomic mass is 16.5. The summed E-state index contributed by atoms with van der Waals surface area (Å²) in [5.41, 5.74) is 0. The molecule has 0 unspecified atom stereocenters. The molecule has 1 amide bonds. The number of rotatable bonds is 6. The fourth-order valence-electron chi connectivity index (χ4n) is 1.03. The normalized spacial score (nSPS) is 10.1. The highest BCUT2D eigenvalue weighted by Gasteiger charge is 1.99. The molecule has 0 aliphatic rings. The maximum atomic E-state index is 11.0. The van der Waals surface area contributed by atoms with Gasteiger partial charge in [-0.1, -0.05) is 5.16 Å². The predicted octanol–water partition coefficient (Wildman–Crippen LogP) is 0.290. The third-order valence-electron chi connectivity index (χ3n) is 1.69. The number of aromatic nitrogens is 1. The van der Waals surface area contributed by atoms with E-state index < -0.39 is 0 Å². The molecule has 0 aliphatic heterocycles. The molecule has 2 N–H and O–H groups in total. The van der Waals surface area contributed by atoms with Crippen LogP contribution in [0.15, 0.2) is 16.8 Å². The molecule has 0 fully saturated rings. The van der Waals surface area contributed by atoms with Gasteiger partial charge in [-0.25, -0.2) is 0 Å². The summed E-state index contributed by atoms with van der Waals surface area (Å²) in [7, 11) is 0. The summed E-state index contributed by atoms with van der Waals surface area (Å²) in [6.45, 7) is 3.84. The number of carbonyl (C=O) groups is 1. The van der Waals surface area contributed by atoms with Gasteiger partial charge in [0.25, 0.3) is 0 Å². The van der Waals surface area contributed by atoms with E-state index in [1.54, 1.807) is 12.3 Å². The minimum absolute atomic E-state index is 0.0672. The van der Waals surface area contributed by atoms with Crippen molar-refractivity contribution in [2.45, 2.75) is 19.9 Å². The second-order valence-electron chi connectivity index (χ2n) is 2.86. The molecular weight excluding hydrogens is 182 g/mol. The first-order chi connectivity index (χ1) is 6.83. The van der Waals surface area contributed by atoms with Crippen molar-refractivity contribution in [2.75, 3.05) is 13.1 Å². The van der Waals surface area contributed by atoms with Crippen molar-refractivity contribution in [3.63, 3.8) is 0 Å². The Balaban J connectivity index is 2.02. The second kappa shape index (κ2) is 6.15. The lowest BCUT2D eigenvalue weighted by Crippen LogP contribution is -2.27. The van der Waals surface area contributed by atoms with Gasteiger partial charge in [-0.3, -0.25) is 4.79 Å². The zero-order valence-corrected chi connectivity index (χ0v) is 8.25. The Morgan fingerprint density at radius 2 is 2.50 bits per heavy atom. The van der Waals surface area contributed by atoms with Crippen LogP contribution in [-0.2, 0) is 11.3 Å². The molecule has 5 nitrogen and oxygen atoms in total. The van der Waals surface area contributed by atoms with Crippen molar-refractivity contribution in [3.8, 4) is 0 Å². The highest BCUT2D eigenvalue weighted by molar-refractivity contribution is 5.75. The molecule has 0 spiro atoms. The monoisotopic (exact) mass is 197 g/mol. The molecule has 0 saturated carbocycles. The molecule has 0 atom stereocenters. The van der Waals surface area contributed by atoms with Gasteiger partial charge in [0.05, 0.1) is 12.7 Å². The predicted molar refractivity (Wildman–Crippen MR) is 51.5 cm³/mol. The fraction of sp³-hybridized carbons (Fsp3) is 0.556. The van der Waals surface area contributed by atoms with Crippen molar-refractivity contribution >= 4 is 5.91 Å².